The van der Waals surface area contributed by atoms with E-state index in [-0.39, 0.29) is 12.4 Å². The molecule has 1 aromatic carbocycles. The molecule has 1 heterocycles. The zero-order valence-corrected chi connectivity index (χ0v) is 15.3. The van der Waals surface area contributed by atoms with Crippen molar-refractivity contribution in [2.75, 3.05) is 33.3 Å². The molecule has 3 nitrogen and oxygen atoms in total. The lowest BCUT2D eigenvalue weighted by molar-refractivity contribution is 0.174. The first kappa shape index (κ1) is 18.8. The smallest absolute Gasteiger partial charge is 0.123 e. The molecule has 0 spiro atoms. The molecule has 1 saturated heterocycles. The number of nitrogens with one attached hydrogen (secondary N) is 1. The van der Waals surface area contributed by atoms with E-state index in [0.29, 0.717) is 0 Å². The summed E-state index contributed by atoms with van der Waals surface area (Å²) in [6.07, 6.45) is 2.59. The molecule has 2 rings (SSSR count). The Hall–Kier alpha value is -0.290. The molecule has 0 aliphatic carbocycles. The lowest BCUT2D eigenvalue weighted by Gasteiger charge is -2.32. The summed E-state index contributed by atoms with van der Waals surface area (Å²) in [5.41, 5.74) is 1.27. The van der Waals surface area contributed by atoms with E-state index in [9.17, 15) is 0 Å². The third kappa shape index (κ3) is 5.78. The Morgan fingerprint density at radius 1 is 1.33 bits per heavy atom. The van der Waals surface area contributed by atoms with Crippen molar-refractivity contribution >= 4 is 28.3 Å². The maximum Gasteiger partial charge on any atom is 0.123 e. The van der Waals surface area contributed by atoms with Crippen LogP contribution in [0.1, 0.15) is 25.3 Å². The van der Waals surface area contributed by atoms with Gasteiger partial charge in [0.25, 0.3) is 0 Å². The molecule has 0 aromatic heterocycles. The first-order valence-electron chi connectivity index (χ1n) is 7.48. The Morgan fingerprint density at radius 3 is 2.67 bits per heavy atom. The van der Waals surface area contributed by atoms with Crippen LogP contribution in [0.4, 0.5) is 0 Å². The van der Waals surface area contributed by atoms with E-state index in [4.69, 9.17) is 4.74 Å². The number of piperidine rings is 1. The highest BCUT2D eigenvalue weighted by Crippen LogP contribution is 2.26. The molecule has 1 N–H and O–H groups in total. The van der Waals surface area contributed by atoms with Gasteiger partial charge in [-0.3, -0.25) is 4.90 Å². The van der Waals surface area contributed by atoms with Crippen LogP contribution in [-0.4, -0.2) is 38.2 Å². The molecule has 0 radical (unpaired) electrons. The van der Waals surface area contributed by atoms with Gasteiger partial charge in [-0.2, -0.15) is 0 Å². The van der Waals surface area contributed by atoms with Crippen LogP contribution in [0.25, 0.3) is 0 Å². The number of nitrogens with zero attached hydrogens (tertiary/aromatic N) is 1. The molecule has 5 heteroatoms. The molecule has 1 aromatic rings. The highest BCUT2D eigenvalue weighted by Gasteiger charge is 2.19. The summed E-state index contributed by atoms with van der Waals surface area (Å²) in [5.74, 6) is 1.83. The zero-order valence-electron chi connectivity index (χ0n) is 12.9. The fourth-order valence-corrected chi connectivity index (χ4v) is 3.22. The van der Waals surface area contributed by atoms with Gasteiger partial charge in [-0.1, -0.05) is 22.9 Å². The van der Waals surface area contributed by atoms with Crippen molar-refractivity contribution in [2.24, 2.45) is 5.92 Å². The number of methoxy groups -OCH3 is 1. The standard InChI is InChI=1S/C16H25BrN2O.ClH/c1-3-18-11-13-6-8-19(9-7-13)12-14-10-15(17)4-5-16(14)20-2;/h4-5,10,13,18H,3,6-9,11-12H2,1-2H3;1H. The van der Waals surface area contributed by atoms with Gasteiger partial charge < -0.3 is 10.1 Å². The molecule has 1 aliphatic rings. The van der Waals surface area contributed by atoms with E-state index in [2.05, 4.69) is 39.1 Å². The van der Waals surface area contributed by atoms with Crippen LogP contribution in [-0.2, 0) is 6.54 Å². The lowest BCUT2D eigenvalue weighted by Crippen LogP contribution is -2.36. The van der Waals surface area contributed by atoms with Crippen LogP contribution in [0, 0.1) is 5.92 Å². The Kier molecular flexibility index (Phi) is 8.64. The van der Waals surface area contributed by atoms with Gasteiger partial charge in [0.05, 0.1) is 7.11 Å². The van der Waals surface area contributed by atoms with Gasteiger partial charge in [0, 0.05) is 16.6 Å². The first-order valence-corrected chi connectivity index (χ1v) is 8.27. The average molecular weight is 378 g/mol. The topological polar surface area (TPSA) is 24.5 Å². The molecule has 0 amide bonds. The van der Waals surface area contributed by atoms with Crippen LogP contribution in [0.2, 0.25) is 0 Å². The summed E-state index contributed by atoms with van der Waals surface area (Å²) in [6.45, 7) is 7.78. The Bertz CT molecular complexity index is 423. The fraction of sp³-hybridized carbons (Fsp3) is 0.625. The van der Waals surface area contributed by atoms with Crippen molar-refractivity contribution in [1.29, 1.82) is 0 Å². The van der Waals surface area contributed by atoms with Gasteiger partial charge in [-0.05, 0) is 63.1 Å². The summed E-state index contributed by atoms with van der Waals surface area (Å²) < 4.78 is 6.58. The third-order valence-corrected chi connectivity index (χ3v) is 4.52. The molecular formula is C16H26BrClN2O. The summed E-state index contributed by atoms with van der Waals surface area (Å²) in [4.78, 5) is 2.53. The monoisotopic (exact) mass is 376 g/mol. The second-order valence-electron chi connectivity index (χ2n) is 5.48. The maximum absolute atomic E-state index is 5.46. The van der Waals surface area contributed by atoms with Gasteiger partial charge in [-0.15, -0.1) is 12.4 Å². The van der Waals surface area contributed by atoms with Crippen LogP contribution >= 0.6 is 28.3 Å². The van der Waals surface area contributed by atoms with Crippen molar-refractivity contribution in [3.05, 3.63) is 28.2 Å². The van der Waals surface area contributed by atoms with E-state index in [1.165, 1.54) is 38.0 Å². The minimum atomic E-state index is 0. The van der Waals surface area contributed by atoms with Crippen molar-refractivity contribution in [3.8, 4) is 5.75 Å². The zero-order chi connectivity index (χ0) is 14.4. The van der Waals surface area contributed by atoms with Gasteiger partial charge in [0.2, 0.25) is 0 Å². The fourth-order valence-electron chi connectivity index (χ4n) is 2.81. The Morgan fingerprint density at radius 2 is 2.05 bits per heavy atom. The lowest BCUT2D eigenvalue weighted by atomic mass is 9.96. The van der Waals surface area contributed by atoms with E-state index in [0.717, 1.165) is 29.2 Å². The number of benzene rings is 1. The van der Waals surface area contributed by atoms with Crippen molar-refractivity contribution < 1.29 is 4.74 Å². The minimum Gasteiger partial charge on any atom is -0.496 e. The van der Waals surface area contributed by atoms with Crippen LogP contribution in [0.15, 0.2) is 22.7 Å². The maximum atomic E-state index is 5.46. The molecule has 0 atom stereocenters. The highest BCUT2D eigenvalue weighted by atomic mass is 79.9. The van der Waals surface area contributed by atoms with Crippen molar-refractivity contribution in [2.45, 2.75) is 26.3 Å². The molecule has 0 saturated carbocycles. The van der Waals surface area contributed by atoms with Crippen LogP contribution in [0.3, 0.4) is 0 Å². The number of rotatable bonds is 6. The predicted molar refractivity (Wildman–Crippen MR) is 94.5 cm³/mol. The largest absolute Gasteiger partial charge is 0.496 e. The number of halogens is 2. The van der Waals surface area contributed by atoms with E-state index < -0.39 is 0 Å². The van der Waals surface area contributed by atoms with E-state index in [1.807, 2.05) is 12.1 Å². The van der Waals surface area contributed by atoms with Gasteiger partial charge in [-0.25, -0.2) is 0 Å². The summed E-state index contributed by atoms with van der Waals surface area (Å²) in [5, 5.41) is 3.46. The van der Waals surface area contributed by atoms with E-state index >= 15 is 0 Å². The first-order chi connectivity index (χ1) is 9.72. The SMILES string of the molecule is CCNCC1CCN(Cc2cc(Br)ccc2OC)CC1.Cl. The molecular weight excluding hydrogens is 352 g/mol. The Labute approximate surface area is 143 Å². The van der Waals surface area contributed by atoms with Crippen molar-refractivity contribution in [1.82, 2.24) is 10.2 Å². The second-order valence-corrected chi connectivity index (χ2v) is 6.40. The minimum absolute atomic E-state index is 0. The van der Waals surface area contributed by atoms with Crippen LogP contribution < -0.4 is 10.1 Å². The number of hydrogen-bond donors (Lipinski definition) is 1. The Balaban J connectivity index is 0.00000220. The summed E-state index contributed by atoms with van der Waals surface area (Å²) in [7, 11) is 1.75. The molecule has 120 valence electrons. The molecule has 21 heavy (non-hydrogen) atoms. The van der Waals surface area contributed by atoms with E-state index in [1.54, 1.807) is 7.11 Å². The average Bonchev–Trinajstić information content (AvgIpc) is 2.47. The number of ether oxygens (including phenoxy) is 1. The second kappa shape index (κ2) is 9.67. The van der Waals surface area contributed by atoms with Crippen molar-refractivity contribution in [3.63, 3.8) is 0 Å². The number of likely N-dealkylation sites (tertiary alicyclic amines) is 1. The summed E-state index contributed by atoms with van der Waals surface area (Å²) in [6, 6.07) is 6.24. The molecule has 1 aliphatic heterocycles. The molecule has 0 unspecified atom stereocenters. The van der Waals surface area contributed by atoms with Gasteiger partial charge in [0.15, 0.2) is 0 Å². The molecule has 0 bridgehead atoms. The highest BCUT2D eigenvalue weighted by molar-refractivity contribution is 9.10. The van der Waals surface area contributed by atoms with Crippen LogP contribution in [0.5, 0.6) is 5.75 Å². The predicted octanol–water partition coefficient (Wildman–Crippen LogP) is 3.70. The normalized spacial score (nSPS) is 16.5. The number of hydrogen-bond acceptors (Lipinski definition) is 3. The third-order valence-electron chi connectivity index (χ3n) is 4.03. The quantitative estimate of drug-likeness (QED) is 0.818. The van der Waals surface area contributed by atoms with Gasteiger partial charge in [0.1, 0.15) is 5.75 Å². The van der Waals surface area contributed by atoms with Gasteiger partial charge >= 0.3 is 0 Å². The molecule has 1 fully saturated rings. The summed E-state index contributed by atoms with van der Waals surface area (Å²) >= 11 is 3.55.